The Kier molecular flexibility index (Phi) is 3.82. The fourth-order valence-corrected chi connectivity index (χ4v) is 5.60. The average Bonchev–Trinajstić information content (AvgIpc) is 3.24. The first-order valence-corrected chi connectivity index (χ1v) is 9.73. The molecule has 0 unspecified atom stereocenters. The molecule has 1 aromatic heterocycles. The molecular formula is C16H14FN3O2S2. The number of benzene rings is 2. The number of hydrogen-bond donors (Lipinski definition) is 0. The van der Waals surface area contributed by atoms with Crippen LogP contribution in [0.15, 0.2) is 47.4 Å². The summed E-state index contributed by atoms with van der Waals surface area (Å²) in [6.07, 6.45) is 1.49. The first-order chi connectivity index (χ1) is 11.6. The quantitative estimate of drug-likeness (QED) is 0.716. The van der Waals surface area contributed by atoms with E-state index in [4.69, 9.17) is 0 Å². The van der Waals surface area contributed by atoms with Crippen LogP contribution < -0.4 is 0 Å². The molecular weight excluding hydrogens is 349 g/mol. The molecule has 5 nitrogen and oxygen atoms in total. The number of aromatic nitrogens is 2. The summed E-state index contributed by atoms with van der Waals surface area (Å²) in [5, 5.41) is 0. The maximum Gasteiger partial charge on any atom is 0.245 e. The summed E-state index contributed by atoms with van der Waals surface area (Å²) >= 11 is 1.000. The van der Waals surface area contributed by atoms with Crippen molar-refractivity contribution in [3.05, 3.63) is 53.8 Å². The molecule has 1 aliphatic heterocycles. The standard InChI is InChI=1S/C16H14FN3O2S2/c17-12-8-6-11(7-9-12)14-4-2-10-20(14)24(21,22)15-5-1-3-13-16(15)19-23-18-13/h1,3,5-9,14H,2,4,10H2/t14-/m1/s1. The molecule has 1 saturated heterocycles. The molecule has 0 aliphatic carbocycles. The summed E-state index contributed by atoms with van der Waals surface area (Å²) in [4.78, 5) is 0.183. The lowest BCUT2D eigenvalue weighted by Crippen LogP contribution is -2.30. The van der Waals surface area contributed by atoms with Crippen LogP contribution in [0.3, 0.4) is 0 Å². The van der Waals surface area contributed by atoms with Crippen LogP contribution in [0.1, 0.15) is 24.4 Å². The molecule has 24 heavy (non-hydrogen) atoms. The lowest BCUT2D eigenvalue weighted by Gasteiger charge is -2.24. The van der Waals surface area contributed by atoms with E-state index in [9.17, 15) is 12.8 Å². The van der Waals surface area contributed by atoms with E-state index in [1.54, 1.807) is 30.3 Å². The van der Waals surface area contributed by atoms with Crippen LogP contribution in [-0.2, 0) is 10.0 Å². The molecule has 1 fully saturated rings. The zero-order valence-electron chi connectivity index (χ0n) is 12.6. The van der Waals surface area contributed by atoms with Gasteiger partial charge >= 0.3 is 0 Å². The van der Waals surface area contributed by atoms with Gasteiger partial charge in [-0.05, 0) is 42.7 Å². The van der Waals surface area contributed by atoms with E-state index < -0.39 is 10.0 Å². The molecule has 1 atom stereocenters. The highest BCUT2D eigenvalue weighted by Gasteiger charge is 2.37. The third kappa shape index (κ3) is 2.51. The lowest BCUT2D eigenvalue weighted by atomic mass is 10.1. The van der Waals surface area contributed by atoms with Crippen molar-refractivity contribution in [2.75, 3.05) is 6.54 Å². The van der Waals surface area contributed by atoms with Crippen molar-refractivity contribution in [1.82, 2.24) is 13.1 Å². The third-order valence-corrected chi connectivity index (χ3v) is 6.78. The first-order valence-electron chi connectivity index (χ1n) is 7.56. The fraction of sp³-hybridized carbons (Fsp3) is 0.250. The number of hydrogen-bond acceptors (Lipinski definition) is 5. The third-order valence-electron chi connectivity index (χ3n) is 4.29. The van der Waals surface area contributed by atoms with E-state index in [-0.39, 0.29) is 16.8 Å². The molecule has 0 spiro atoms. The van der Waals surface area contributed by atoms with E-state index in [1.807, 2.05) is 0 Å². The van der Waals surface area contributed by atoms with Crippen molar-refractivity contribution in [1.29, 1.82) is 0 Å². The first kappa shape index (κ1) is 15.6. The largest absolute Gasteiger partial charge is 0.245 e. The van der Waals surface area contributed by atoms with Gasteiger partial charge in [-0.2, -0.15) is 13.1 Å². The molecule has 124 valence electrons. The topological polar surface area (TPSA) is 63.2 Å². The molecule has 1 aliphatic rings. The number of halogens is 1. The van der Waals surface area contributed by atoms with Crippen LogP contribution in [0, 0.1) is 5.82 Å². The van der Waals surface area contributed by atoms with E-state index in [0.717, 1.165) is 30.1 Å². The smallest absolute Gasteiger partial charge is 0.207 e. The monoisotopic (exact) mass is 363 g/mol. The van der Waals surface area contributed by atoms with Crippen molar-refractivity contribution in [2.45, 2.75) is 23.8 Å². The minimum Gasteiger partial charge on any atom is -0.207 e. The van der Waals surface area contributed by atoms with Gasteiger partial charge in [0.1, 0.15) is 21.7 Å². The van der Waals surface area contributed by atoms with Crippen molar-refractivity contribution < 1.29 is 12.8 Å². The summed E-state index contributed by atoms with van der Waals surface area (Å²) < 4.78 is 49.3. The highest BCUT2D eigenvalue weighted by Crippen LogP contribution is 2.37. The lowest BCUT2D eigenvalue weighted by molar-refractivity contribution is 0.397. The molecule has 3 aromatic rings. The van der Waals surface area contributed by atoms with E-state index in [2.05, 4.69) is 8.75 Å². The summed E-state index contributed by atoms with van der Waals surface area (Å²) in [7, 11) is -3.70. The molecule has 2 heterocycles. The van der Waals surface area contributed by atoms with Crippen LogP contribution >= 0.6 is 11.7 Å². The van der Waals surface area contributed by atoms with Gasteiger partial charge in [0.05, 0.1) is 17.8 Å². The molecule has 0 saturated carbocycles. The molecule has 0 bridgehead atoms. The van der Waals surface area contributed by atoms with Gasteiger partial charge in [0.25, 0.3) is 0 Å². The van der Waals surface area contributed by atoms with Gasteiger partial charge in [0.2, 0.25) is 10.0 Å². The Labute approximate surface area is 143 Å². The van der Waals surface area contributed by atoms with Gasteiger partial charge in [-0.1, -0.05) is 18.2 Å². The molecule has 0 N–H and O–H groups in total. The number of nitrogens with zero attached hydrogens (tertiary/aromatic N) is 3. The van der Waals surface area contributed by atoms with E-state index in [0.29, 0.717) is 17.6 Å². The second-order valence-electron chi connectivity index (χ2n) is 5.71. The number of fused-ring (bicyclic) bond motifs is 1. The van der Waals surface area contributed by atoms with Crippen molar-refractivity contribution in [3.63, 3.8) is 0 Å². The Morgan fingerprint density at radius 3 is 2.71 bits per heavy atom. The van der Waals surface area contributed by atoms with Crippen LogP contribution in [0.2, 0.25) is 0 Å². The summed E-state index contributed by atoms with van der Waals surface area (Å²) in [6, 6.07) is 10.8. The Hall–Kier alpha value is -1.90. The molecule has 0 radical (unpaired) electrons. The summed E-state index contributed by atoms with van der Waals surface area (Å²) in [6.45, 7) is 0.443. The van der Waals surface area contributed by atoms with Crippen LogP contribution in [0.4, 0.5) is 4.39 Å². The zero-order chi connectivity index (χ0) is 16.7. The summed E-state index contributed by atoms with van der Waals surface area (Å²) in [5.74, 6) is -0.329. The zero-order valence-corrected chi connectivity index (χ0v) is 14.2. The minimum absolute atomic E-state index is 0.183. The highest BCUT2D eigenvalue weighted by molar-refractivity contribution is 7.89. The number of sulfonamides is 1. The number of rotatable bonds is 3. The van der Waals surface area contributed by atoms with E-state index >= 15 is 0 Å². The predicted molar refractivity (Wildman–Crippen MR) is 89.7 cm³/mol. The van der Waals surface area contributed by atoms with Crippen molar-refractivity contribution in [2.24, 2.45) is 0 Å². The Bertz CT molecular complexity index is 986. The SMILES string of the molecule is O=S(=O)(c1cccc2nsnc12)N1CCC[C@@H]1c1ccc(F)cc1. The van der Waals surface area contributed by atoms with Gasteiger partial charge in [-0.25, -0.2) is 12.8 Å². The molecule has 8 heteroatoms. The second kappa shape index (κ2) is 5.87. The molecule has 0 amide bonds. The van der Waals surface area contributed by atoms with Crippen molar-refractivity contribution in [3.8, 4) is 0 Å². The predicted octanol–water partition coefficient (Wildman–Crippen LogP) is 3.36. The Morgan fingerprint density at radius 2 is 1.92 bits per heavy atom. The maximum absolute atomic E-state index is 13.2. The average molecular weight is 363 g/mol. The second-order valence-corrected chi connectivity index (χ2v) is 8.10. The minimum atomic E-state index is -3.70. The Morgan fingerprint density at radius 1 is 1.12 bits per heavy atom. The molecule has 4 rings (SSSR count). The van der Waals surface area contributed by atoms with Crippen molar-refractivity contribution >= 4 is 32.8 Å². The van der Waals surface area contributed by atoms with Crippen LogP contribution in [0.5, 0.6) is 0 Å². The van der Waals surface area contributed by atoms with Gasteiger partial charge < -0.3 is 0 Å². The van der Waals surface area contributed by atoms with Gasteiger partial charge in [-0.3, -0.25) is 0 Å². The summed E-state index contributed by atoms with van der Waals surface area (Å²) in [5.41, 5.74) is 1.80. The van der Waals surface area contributed by atoms with Crippen LogP contribution in [-0.4, -0.2) is 28.0 Å². The van der Waals surface area contributed by atoms with Crippen LogP contribution in [0.25, 0.3) is 11.0 Å². The van der Waals surface area contributed by atoms with E-state index in [1.165, 1.54) is 16.4 Å². The van der Waals surface area contributed by atoms with Gasteiger partial charge in [0.15, 0.2) is 0 Å². The van der Waals surface area contributed by atoms with Gasteiger partial charge in [0, 0.05) is 6.54 Å². The Balaban J connectivity index is 1.78. The molecule has 2 aromatic carbocycles. The highest BCUT2D eigenvalue weighted by atomic mass is 32.2. The normalized spacial score (nSPS) is 19.1. The fourth-order valence-electron chi connectivity index (χ4n) is 3.16. The maximum atomic E-state index is 13.2. The van der Waals surface area contributed by atoms with Gasteiger partial charge in [-0.15, -0.1) is 0 Å².